The van der Waals surface area contributed by atoms with Crippen LogP contribution in [-0.4, -0.2) is 21.0 Å². The van der Waals surface area contributed by atoms with Gasteiger partial charge in [-0.05, 0) is 36.5 Å². The van der Waals surface area contributed by atoms with Gasteiger partial charge in [-0.1, -0.05) is 32.3 Å². The Morgan fingerprint density at radius 1 is 1.38 bits per heavy atom. The van der Waals surface area contributed by atoms with E-state index in [1.165, 1.54) is 31.4 Å². The second kappa shape index (κ2) is 6.79. The van der Waals surface area contributed by atoms with Crippen molar-refractivity contribution in [2.24, 2.45) is 5.92 Å². The number of halogens is 1. The van der Waals surface area contributed by atoms with Crippen LogP contribution >= 0.6 is 10.7 Å². The van der Waals surface area contributed by atoms with E-state index < -0.39 is 15.0 Å². The predicted molar refractivity (Wildman–Crippen MR) is 81.1 cm³/mol. The van der Waals surface area contributed by atoms with Crippen molar-refractivity contribution in [3.63, 3.8) is 0 Å². The molecule has 1 saturated carbocycles. The maximum atomic E-state index is 12.1. The Kier molecular flexibility index (Phi) is 5.27. The normalized spacial score (nSPS) is 15.5. The average Bonchev–Trinajstić information content (AvgIpc) is 2.39. The van der Waals surface area contributed by atoms with Gasteiger partial charge in [0.2, 0.25) is 0 Å². The molecule has 0 amide bonds. The molecule has 1 aliphatic carbocycles. The predicted octanol–water partition coefficient (Wildman–Crippen LogP) is 3.52. The van der Waals surface area contributed by atoms with Gasteiger partial charge in [0.1, 0.15) is 0 Å². The minimum absolute atomic E-state index is 0.0766. The molecule has 0 spiro atoms. The van der Waals surface area contributed by atoms with Gasteiger partial charge in [-0.3, -0.25) is 0 Å². The molecule has 0 atom stereocenters. The zero-order valence-corrected chi connectivity index (χ0v) is 13.5. The lowest BCUT2D eigenvalue weighted by molar-refractivity contribution is 0.0463. The van der Waals surface area contributed by atoms with E-state index in [0.29, 0.717) is 18.9 Å². The molecule has 4 nitrogen and oxygen atoms in total. The van der Waals surface area contributed by atoms with E-state index in [4.69, 9.17) is 15.4 Å². The van der Waals surface area contributed by atoms with Gasteiger partial charge < -0.3 is 4.74 Å². The summed E-state index contributed by atoms with van der Waals surface area (Å²) in [6.45, 7) is 2.28. The Morgan fingerprint density at radius 3 is 2.62 bits per heavy atom. The van der Waals surface area contributed by atoms with E-state index in [0.717, 1.165) is 12.0 Å². The maximum Gasteiger partial charge on any atom is 0.338 e. The van der Waals surface area contributed by atoms with Crippen LogP contribution in [0.2, 0.25) is 0 Å². The van der Waals surface area contributed by atoms with E-state index in [1.54, 1.807) is 6.07 Å². The molecule has 0 heterocycles. The van der Waals surface area contributed by atoms with Crippen molar-refractivity contribution in [1.29, 1.82) is 0 Å². The molecule has 0 bridgehead atoms. The molecule has 1 aromatic carbocycles. The first kappa shape index (κ1) is 16.3. The standard InChI is InChI=1S/C15H19ClO4S/c1-2-12-6-7-13(21(16,18)19)10-14(12)15(17)20-9-8-11-4-3-5-11/h6-7,10-11H,2-5,8-9H2,1H3. The zero-order chi connectivity index (χ0) is 15.5. The van der Waals surface area contributed by atoms with E-state index in [9.17, 15) is 13.2 Å². The number of ether oxygens (including phenoxy) is 1. The number of benzene rings is 1. The molecule has 1 aromatic rings. The van der Waals surface area contributed by atoms with Crippen molar-refractivity contribution in [2.45, 2.75) is 43.9 Å². The summed E-state index contributed by atoms with van der Waals surface area (Å²) in [7, 11) is 1.48. The van der Waals surface area contributed by atoms with Gasteiger partial charge in [0.15, 0.2) is 0 Å². The summed E-state index contributed by atoms with van der Waals surface area (Å²) < 4.78 is 28.0. The SMILES string of the molecule is CCc1ccc(S(=O)(=O)Cl)cc1C(=O)OCCC1CCC1. The van der Waals surface area contributed by atoms with Crippen LogP contribution in [0.25, 0.3) is 0 Å². The molecule has 21 heavy (non-hydrogen) atoms. The zero-order valence-electron chi connectivity index (χ0n) is 12.0. The molecule has 0 N–H and O–H groups in total. The first-order valence-corrected chi connectivity index (χ1v) is 9.47. The number of carbonyl (C=O) groups is 1. The molecule has 0 aliphatic heterocycles. The summed E-state index contributed by atoms with van der Waals surface area (Å²) in [4.78, 5) is 12.1. The number of hydrogen-bond acceptors (Lipinski definition) is 4. The van der Waals surface area contributed by atoms with Gasteiger partial charge in [0.05, 0.1) is 17.1 Å². The van der Waals surface area contributed by atoms with Gasteiger partial charge in [-0.2, -0.15) is 0 Å². The van der Waals surface area contributed by atoms with Gasteiger partial charge in [-0.25, -0.2) is 13.2 Å². The topological polar surface area (TPSA) is 60.4 Å². The van der Waals surface area contributed by atoms with Crippen molar-refractivity contribution < 1.29 is 17.9 Å². The fraction of sp³-hybridized carbons (Fsp3) is 0.533. The first-order valence-electron chi connectivity index (χ1n) is 7.16. The number of aryl methyl sites for hydroxylation is 1. The van der Waals surface area contributed by atoms with E-state index in [-0.39, 0.29) is 10.5 Å². The second-order valence-electron chi connectivity index (χ2n) is 5.33. The van der Waals surface area contributed by atoms with Gasteiger partial charge >= 0.3 is 5.97 Å². The van der Waals surface area contributed by atoms with Crippen LogP contribution < -0.4 is 0 Å². The minimum Gasteiger partial charge on any atom is -0.462 e. The fourth-order valence-corrected chi connectivity index (χ4v) is 3.16. The summed E-state index contributed by atoms with van der Waals surface area (Å²) >= 11 is 0. The van der Waals surface area contributed by atoms with Gasteiger partial charge in [-0.15, -0.1) is 0 Å². The molecule has 0 unspecified atom stereocenters. The van der Waals surface area contributed by atoms with Crippen LogP contribution in [0.1, 0.15) is 48.5 Å². The smallest absolute Gasteiger partial charge is 0.338 e. The van der Waals surface area contributed by atoms with Crippen LogP contribution in [-0.2, 0) is 20.2 Å². The van der Waals surface area contributed by atoms with Gasteiger partial charge in [0.25, 0.3) is 9.05 Å². The average molecular weight is 331 g/mol. The van der Waals surface area contributed by atoms with Crippen LogP contribution in [0.3, 0.4) is 0 Å². The molecule has 0 saturated heterocycles. The molecular weight excluding hydrogens is 312 g/mol. The Hall–Kier alpha value is -1.07. The van der Waals surface area contributed by atoms with Crippen molar-refractivity contribution in [3.8, 4) is 0 Å². The molecule has 0 aromatic heterocycles. The number of rotatable bonds is 6. The molecule has 0 radical (unpaired) electrons. The lowest BCUT2D eigenvalue weighted by Gasteiger charge is -2.24. The lowest BCUT2D eigenvalue weighted by Crippen LogP contribution is -2.16. The highest BCUT2D eigenvalue weighted by molar-refractivity contribution is 8.13. The summed E-state index contributed by atoms with van der Waals surface area (Å²) in [6, 6.07) is 4.32. The molecule has 2 rings (SSSR count). The Morgan fingerprint density at radius 2 is 2.10 bits per heavy atom. The van der Waals surface area contributed by atoms with Crippen molar-refractivity contribution >= 4 is 25.7 Å². The highest BCUT2D eigenvalue weighted by atomic mass is 35.7. The largest absolute Gasteiger partial charge is 0.462 e. The Labute approximate surface area is 129 Å². The fourth-order valence-electron chi connectivity index (χ4n) is 2.38. The Bertz CT molecular complexity index is 621. The number of hydrogen-bond donors (Lipinski definition) is 0. The first-order chi connectivity index (χ1) is 9.91. The van der Waals surface area contributed by atoms with Crippen molar-refractivity contribution in [2.75, 3.05) is 6.61 Å². The quantitative estimate of drug-likeness (QED) is 0.591. The molecule has 1 fully saturated rings. The maximum absolute atomic E-state index is 12.1. The van der Waals surface area contributed by atoms with Crippen LogP contribution in [0, 0.1) is 5.92 Å². The van der Waals surface area contributed by atoms with Crippen LogP contribution in [0.4, 0.5) is 0 Å². The summed E-state index contributed by atoms with van der Waals surface area (Å²) in [5, 5.41) is 0. The van der Waals surface area contributed by atoms with Crippen molar-refractivity contribution in [3.05, 3.63) is 29.3 Å². The number of esters is 1. The highest BCUT2D eigenvalue weighted by Crippen LogP contribution is 2.29. The van der Waals surface area contributed by atoms with E-state index in [2.05, 4.69) is 0 Å². The minimum atomic E-state index is -3.85. The summed E-state index contributed by atoms with van der Waals surface area (Å²) in [5.41, 5.74) is 1.04. The molecule has 116 valence electrons. The van der Waals surface area contributed by atoms with E-state index in [1.807, 2.05) is 6.92 Å². The third-order valence-corrected chi connectivity index (χ3v) is 5.30. The number of carbonyl (C=O) groups excluding carboxylic acids is 1. The second-order valence-corrected chi connectivity index (χ2v) is 7.90. The van der Waals surface area contributed by atoms with Crippen LogP contribution in [0.5, 0.6) is 0 Å². The molecule has 1 aliphatic rings. The third-order valence-electron chi connectivity index (χ3n) is 3.95. The summed E-state index contributed by atoms with van der Waals surface area (Å²) in [6.07, 6.45) is 5.17. The molecular formula is C15H19ClO4S. The van der Waals surface area contributed by atoms with Gasteiger partial charge in [0, 0.05) is 10.7 Å². The van der Waals surface area contributed by atoms with Crippen LogP contribution in [0.15, 0.2) is 23.1 Å². The highest BCUT2D eigenvalue weighted by Gasteiger charge is 2.20. The monoisotopic (exact) mass is 330 g/mol. The third kappa shape index (κ3) is 4.20. The van der Waals surface area contributed by atoms with Crippen molar-refractivity contribution in [1.82, 2.24) is 0 Å². The summed E-state index contributed by atoms with van der Waals surface area (Å²) in [5.74, 6) is 0.186. The molecule has 6 heteroatoms. The Balaban J connectivity index is 2.09. The van der Waals surface area contributed by atoms with E-state index >= 15 is 0 Å². The lowest BCUT2D eigenvalue weighted by atomic mass is 9.83.